The van der Waals surface area contributed by atoms with E-state index in [1.165, 1.54) is 6.26 Å². The number of aliphatic carboxylic acids is 1. The zero-order valence-corrected chi connectivity index (χ0v) is 20.8. The van der Waals surface area contributed by atoms with Gasteiger partial charge in [-0.15, -0.1) is 0 Å². The molecule has 2 aromatic carbocycles. The maximum Gasteiger partial charge on any atom is 0.343 e. The topological polar surface area (TPSA) is 127 Å². The predicted molar refractivity (Wildman–Crippen MR) is 135 cm³/mol. The van der Waals surface area contributed by atoms with Gasteiger partial charge in [-0.3, -0.25) is 14.4 Å². The molecule has 0 unspecified atom stereocenters. The molecule has 37 heavy (non-hydrogen) atoms. The Balaban J connectivity index is 0.000000206. The quantitative estimate of drug-likeness (QED) is 0.417. The lowest BCUT2D eigenvalue weighted by molar-refractivity contribution is -0.134. The molecule has 4 rings (SSSR count). The van der Waals surface area contributed by atoms with Crippen LogP contribution in [-0.4, -0.2) is 52.8 Å². The fourth-order valence-electron chi connectivity index (χ4n) is 3.97. The van der Waals surface area contributed by atoms with Crippen LogP contribution in [0, 0.1) is 5.92 Å². The number of ketones is 3. The second-order valence-corrected chi connectivity index (χ2v) is 8.63. The largest absolute Gasteiger partial charge is 0.506 e. The van der Waals surface area contributed by atoms with Gasteiger partial charge in [0.1, 0.15) is 30.6 Å². The molecule has 2 N–H and O–H groups in total. The average Bonchev–Trinajstić information content (AvgIpc) is 2.90. The fraction of sp³-hybridized carbons (Fsp3) is 0.241. The van der Waals surface area contributed by atoms with Crippen molar-refractivity contribution in [2.75, 3.05) is 13.2 Å². The molecule has 8 heteroatoms. The number of aliphatic hydroxyl groups excluding tert-OH is 1. The number of carbonyl (C=O) groups excluding carboxylic acids is 3. The van der Waals surface area contributed by atoms with Crippen molar-refractivity contribution in [2.24, 2.45) is 5.92 Å². The Labute approximate surface area is 214 Å². The molecule has 0 bridgehead atoms. The van der Waals surface area contributed by atoms with Gasteiger partial charge in [0.15, 0.2) is 17.3 Å². The Morgan fingerprint density at radius 3 is 1.84 bits per heavy atom. The maximum absolute atomic E-state index is 12.0. The summed E-state index contributed by atoms with van der Waals surface area (Å²) in [5.41, 5.74) is 1.92. The zero-order valence-electron chi connectivity index (χ0n) is 20.8. The highest BCUT2D eigenvalue weighted by atomic mass is 16.5. The van der Waals surface area contributed by atoms with Gasteiger partial charge in [-0.05, 0) is 19.4 Å². The van der Waals surface area contributed by atoms with E-state index in [1.807, 2.05) is 26.0 Å². The molecule has 1 aliphatic carbocycles. The summed E-state index contributed by atoms with van der Waals surface area (Å²) < 4.78 is 10.5. The molecule has 192 valence electrons. The van der Waals surface area contributed by atoms with E-state index < -0.39 is 23.1 Å². The Kier molecular flexibility index (Phi) is 8.92. The first kappa shape index (κ1) is 27.3. The van der Waals surface area contributed by atoms with Gasteiger partial charge in [0, 0.05) is 22.6 Å². The monoisotopic (exact) mass is 504 g/mol. The highest BCUT2D eigenvalue weighted by Crippen LogP contribution is 2.40. The standard InChI is InChI=1S/C16H14O3.C13H14O5/c17-15(13-7-3-1-4-8-13)11-19-12-16(18)14-9-5-2-6-10-14;1-5-7(3)18-4-8-9(5)6(2)11(14)10(12(8)15)13(16)17/h1-10H,11-12H2;4-5,7,15H,1-3H3,(H,16,17)/t;5-,7-/m.1/s1. The minimum atomic E-state index is -1.43. The summed E-state index contributed by atoms with van der Waals surface area (Å²) in [6.45, 7) is 5.15. The van der Waals surface area contributed by atoms with Crippen molar-refractivity contribution in [3.05, 3.63) is 106 Å². The lowest BCUT2D eigenvalue weighted by Crippen LogP contribution is -2.31. The van der Waals surface area contributed by atoms with E-state index in [1.54, 1.807) is 55.5 Å². The van der Waals surface area contributed by atoms with Crippen molar-refractivity contribution in [1.82, 2.24) is 0 Å². The van der Waals surface area contributed by atoms with E-state index in [4.69, 9.17) is 14.6 Å². The van der Waals surface area contributed by atoms with Crippen LogP contribution in [-0.2, 0) is 19.1 Å². The van der Waals surface area contributed by atoms with E-state index in [0.29, 0.717) is 27.8 Å². The molecule has 0 amide bonds. The number of benzene rings is 2. The molecule has 0 aromatic heterocycles. The van der Waals surface area contributed by atoms with Gasteiger partial charge in [0.05, 0.1) is 11.8 Å². The molecular formula is C29H28O8. The molecule has 0 fully saturated rings. The summed E-state index contributed by atoms with van der Waals surface area (Å²) in [4.78, 5) is 46.4. The van der Waals surface area contributed by atoms with E-state index >= 15 is 0 Å². The number of carboxylic acid groups (broad SMARTS) is 1. The van der Waals surface area contributed by atoms with Crippen molar-refractivity contribution in [3.63, 3.8) is 0 Å². The van der Waals surface area contributed by atoms with E-state index in [0.717, 1.165) is 0 Å². The van der Waals surface area contributed by atoms with Gasteiger partial charge >= 0.3 is 5.97 Å². The van der Waals surface area contributed by atoms with E-state index in [-0.39, 0.29) is 36.8 Å². The van der Waals surface area contributed by atoms with Crippen LogP contribution >= 0.6 is 0 Å². The number of carboxylic acids is 1. The lowest BCUT2D eigenvalue weighted by atomic mass is 9.78. The summed E-state index contributed by atoms with van der Waals surface area (Å²) in [5, 5.41) is 18.9. The second-order valence-electron chi connectivity index (χ2n) is 8.63. The third kappa shape index (κ3) is 6.29. The number of ether oxygens (including phenoxy) is 2. The molecule has 1 heterocycles. The molecule has 2 aliphatic rings. The first-order valence-electron chi connectivity index (χ1n) is 11.7. The summed E-state index contributed by atoms with van der Waals surface area (Å²) in [7, 11) is 0. The normalized spacial score (nSPS) is 18.7. The molecule has 0 saturated carbocycles. The number of hydrogen-bond donors (Lipinski definition) is 2. The van der Waals surface area contributed by atoms with Crippen LogP contribution in [0.4, 0.5) is 0 Å². The Hall–Kier alpha value is -4.30. The lowest BCUT2D eigenvalue weighted by Gasteiger charge is -2.33. The first-order valence-corrected chi connectivity index (χ1v) is 11.7. The number of hydrogen-bond acceptors (Lipinski definition) is 7. The van der Waals surface area contributed by atoms with Crippen molar-refractivity contribution >= 4 is 23.3 Å². The third-order valence-electron chi connectivity index (χ3n) is 6.19. The van der Waals surface area contributed by atoms with E-state index in [9.17, 15) is 24.3 Å². The molecule has 2 atom stereocenters. The number of Topliss-reactive ketones (excluding diaryl/α,β-unsaturated/α-hetero) is 3. The fourth-order valence-corrected chi connectivity index (χ4v) is 3.97. The average molecular weight is 505 g/mol. The summed E-state index contributed by atoms with van der Waals surface area (Å²) in [6, 6.07) is 17.8. The predicted octanol–water partition coefficient (Wildman–Crippen LogP) is 4.49. The molecular weight excluding hydrogens is 476 g/mol. The smallest absolute Gasteiger partial charge is 0.343 e. The minimum absolute atomic E-state index is 0.0774. The van der Waals surface area contributed by atoms with Crippen molar-refractivity contribution in [3.8, 4) is 0 Å². The SMILES string of the molecule is CC1=C2C(=CO[C@H](C)[C@H]2C)C(O)=C(C(=O)O)C1=O.O=C(COCC(=O)c1ccccc1)c1ccccc1. The number of allylic oxidation sites excluding steroid dienone is 2. The Morgan fingerprint density at radius 1 is 0.892 bits per heavy atom. The molecule has 0 spiro atoms. The van der Waals surface area contributed by atoms with Gasteiger partial charge in [0.2, 0.25) is 0 Å². The molecule has 0 saturated heterocycles. The van der Waals surface area contributed by atoms with Crippen LogP contribution in [0.15, 0.2) is 95.0 Å². The van der Waals surface area contributed by atoms with Crippen LogP contribution in [0.1, 0.15) is 41.5 Å². The summed E-state index contributed by atoms with van der Waals surface area (Å²) >= 11 is 0. The zero-order chi connectivity index (χ0) is 27.1. The van der Waals surface area contributed by atoms with Crippen molar-refractivity contribution in [2.45, 2.75) is 26.9 Å². The Bertz CT molecular complexity index is 1230. The van der Waals surface area contributed by atoms with Crippen molar-refractivity contribution in [1.29, 1.82) is 0 Å². The van der Waals surface area contributed by atoms with Crippen LogP contribution in [0.25, 0.3) is 0 Å². The van der Waals surface area contributed by atoms with Crippen LogP contribution in [0.5, 0.6) is 0 Å². The summed E-state index contributed by atoms with van der Waals surface area (Å²) in [6.07, 6.45) is 1.21. The van der Waals surface area contributed by atoms with E-state index in [2.05, 4.69) is 0 Å². The second kappa shape index (κ2) is 12.1. The Morgan fingerprint density at radius 2 is 1.38 bits per heavy atom. The van der Waals surface area contributed by atoms with Gasteiger partial charge in [0.25, 0.3) is 0 Å². The van der Waals surface area contributed by atoms with Crippen molar-refractivity contribution < 1.29 is 38.9 Å². The van der Waals surface area contributed by atoms with Gasteiger partial charge in [-0.2, -0.15) is 0 Å². The highest BCUT2D eigenvalue weighted by Gasteiger charge is 2.39. The third-order valence-corrected chi connectivity index (χ3v) is 6.19. The van der Waals surface area contributed by atoms with Crippen LogP contribution in [0.3, 0.4) is 0 Å². The van der Waals surface area contributed by atoms with Crippen LogP contribution < -0.4 is 0 Å². The number of fused-ring (bicyclic) bond motifs is 1. The number of aliphatic hydroxyl groups is 1. The number of rotatable bonds is 7. The van der Waals surface area contributed by atoms with Gasteiger partial charge in [-0.25, -0.2) is 4.79 Å². The van der Waals surface area contributed by atoms with Crippen LogP contribution in [0.2, 0.25) is 0 Å². The highest BCUT2D eigenvalue weighted by molar-refractivity contribution is 6.25. The first-order chi connectivity index (χ1) is 17.6. The molecule has 0 radical (unpaired) electrons. The molecule has 2 aromatic rings. The minimum Gasteiger partial charge on any atom is -0.506 e. The van der Waals surface area contributed by atoms with Gasteiger partial charge < -0.3 is 19.7 Å². The number of carbonyl (C=O) groups is 4. The maximum atomic E-state index is 12.0. The summed E-state index contributed by atoms with van der Waals surface area (Å²) in [5.74, 6) is -2.89. The molecule has 1 aliphatic heterocycles. The van der Waals surface area contributed by atoms with Gasteiger partial charge in [-0.1, -0.05) is 67.6 Å². The molecule has 8 nitrogen and oxygen atoms in total.